The minimum Gasteiger partial charge on any atom is -0.394 e. The van der Waals surface area contributed by atoms with Crippen molar-refractivity contribution in [1.82, 2.24) is 9.80 Å². The largest absolute Gasteiger partial charge is 0.394 e. The molecule has 20 heavy (non-hydrogen) atoms. The van der Waals surface area contributed by atoms with E-state index in [0.29, 0.717) is 19.3 Å². The van der Waals surface area contributed by atoms with Crippen LogP contribution in [0.3, 0.4) is 0 Å². The van der Waals surface area contributed by atoms with E-state index in [9.17, 15) is 0 Å². The fraction of sp³-hybridized carbons (Fsp3) is 1.00. The molecule has 1 atom stereocenters. The molecule has 0 aliphatic heterocycles. The van der Waals surface area contributed by atoms with Crippen molar-refractivity contribution in [1.29, 1.82) is 0 Å². The maximum atomic E-state index is 8.77. The predicted octanol–water partition coefficient (Wildman–Crippen LogP) is 2.22. The van der Waals surface area contributed by atoms with Crippen molar-refractivity contribution in [3.8, 4) is 0 Å². The third-order valence-electron chi connectivity index (χ3n) is 3.51. The fourth-order valence-electron chi connectivity index (χ4n) is 2.50. The third-order valence-corrected chi connectivity index (χ3v) is 3.51. The second-order valence-corrected chi connectivity index (χ2v) is 5.53. The van der Waals surface area contributed by atoms with Gasteiger partial charge in [-0.15, -0.1) is 0 Å². The summed E-state index contributed by atoms with van der Waals surface area (Å²) in [4.78, 5) is 5.07. The zero-order valence-corrected chi connectivity index (χ0v) is 14.1. The van der Waals surface area contributed by atoms with Crippen molar-refractivity contribution in [2.45, 2.75) is 53.0 Å². The minimum atomic E-state index is 0.112. The second-order valence-electron chi connectivity index (χ2n) is 5.53. The summed E-state index contributed by atoms with van der Waals surface area (Å²) in [5.41, 5.74) is 0. The molecule has 0 fully saturated rings. The summed E-state index contributed by atoms with van der Waals surface area (Å²) in [6.45, 7) is 16.0. The monoisotopic (exact) mass is 288 g/mol. The van der Waals surface area contributed by atoms with Crippen molar-refractivity contribution < 1.29 is 9.84 Å². The molecule has 0 aliphatic rings. The highest BCUT2D eigenvalue weighted by molar-refractivity contribution is 4.69. The average Bonchev–Trinajstić information content (AvgIpc) is 2.43. The van der Waals surface area contributed by atoms with Crippen LogP contribution in [0.25, 0.3) is 0 Å². The normalized spacial score (nSPS) is 13.3. The topological polar surface area (TPSA) is 35.9 Å². The number of aliphatic hydroxyl groups excluding tert-OH is 1. The van der Waals surface area contributed by atoms with Crippen LogP contribution in [-0.2, 0) is 4.74 Å². The maximum absolute atomic E-state index is 8.77. The molecule has 4 nitrogen and oxygen atoms in total. The number of aliphatic hydroxyl groups is 1. The van der Waals surface area contributed by atoms with Crippen LogP contribution in [0.1, 0.15) is 47.0 Å². The molecule has 4 heteroatoms. The van der Waals surface area contributed by atoms with Gasteiger partial charge >= 0.3 is 0 Å². The van der Waals surface area contributed by atoms with E-state index in [2.05, 4.69) is 37.5 Å². The van der Waals surface area contributed by atoms with Gasteiger partial charge in [0.25, 0.3) is 0 Å². The highest BCUT2D eigenvalue weighted by Crippen LogP contribution is 2.03. The van der Waals surface area contributed by atoms with Gasteiger partial charge in [-0.25, -0.2) is 0 Å². The molecule has 0 aromatic carbocycles. The summed E-state index contributed by atoms with van der Waals surface area (Å²) < 4.78 is 5.47. The Balaban J connectivity index is 4.14. The molecular formula is C16H36N2O2. The summed E-state index contributed by atoms with van der Waals surface area (Å²) in [5, 5.41) is 8.77. The SMILES string of the molecule is CCCN(CCC)CCN(CCC)C(C)COCCO. The Morgan fingerprint density at radius 1 is 0.900 bits per heavy atom. The first-order valence-electron chi connectivity index (χ1n) is 8.34. The quantitative estimate of drug-likeness (QED) is 0.497. The molecule has 0 rings (SSSR count). The van der Waals surface area contributed by atoms with Crippen LogP contribution >= 0.6 is 0 Å². The van der Waals surface area contributed by atoms with E-state index in [0.717, 1.165) is 19.6 Å². The molecule has 0 radical (unpaired) electrons. The minimum absolute atomic E-state index is 0.112. The lowest BCUT2D eigenvalue weighted by atomic mass is 10.2. The predicted molar refractivity (Wildman–Crippen MR) is 86.3 cm³/mol. The van der Waals surface area contributed by atoms with Crippen LogP contribution in [0.4, 0.5) is 0 Å². The van der Waals surface area contributed by atoms with Crippen LogP contribution in [0, 0.1) is 0 Å². The van der Waals surface area contributed by atoms with Gasteiger partial charge in [-0.05, 0) is 45.8 Å². The number of hydrogen-bond acceptors (Lipinski definition) is 4. The number of nitrogens with zero attached hydrogens (tertiary/aromatic N) is 2. The lowest BCUT2D eigenvalue weighted by Crippen LogP contribution is -2.42. The molecule has 0 spiro atoms. The Bertz CT molecular complexity index is 197. The Morgan fingerprint density at radius 2 is 1.50 bits per heavy atom. The molecule has 1 N–H and O–H groups in total. The maximum Gasteiger partial charge on any atom is 0.0698 e. The number of rotatable bonds is 14. The molecule has 0 aromatic heterocycles. The fourth-order valence-corrected chi connectivity index (χ4v) is 2.50. The van der Waals surface area contributed by atoms with Gasteiger partial charge in [0.05, 0.1) is 19.8 Å². The molecule has 0 aromatic rings. The van der Waals surface area contributed by atoms with Crippen molar-refractivity contribution in [3.05, 3.63) is 0 Å². The zero-order valence-electron chi connectivity index (χ0n) is 14.1. The average molecular weight is 288 g/mol. The van der Waals surface area contributed by atoms with Gasteiger partial charge in [-0.3, -0.25) is 4.90 Å². The van der Waals surface area contributed by atoms with Gasteiger partial charge in [0, 0.05) is 19.1 Å². The Kier molecular flexibility index (Phi) is 13.7. The Hall–Kier alpha value is -0.160. The lowest BCUT2D eigenvalue weighted by molar-refractivity contribution is 0.0423. The molecule has 0 heterocycles. The number of ether oxygens (including phenoxy) is 1. The highest BCUT2D eigenvalue weighted by Gasteiger charge is 2.14. The van der Waals surface area contributed by atoms with E-state index in [1.165, 1.54) is 32.4 Å². The van der Waals surface area contributed by atoms with Crippen LogP contribution in [-0.4, -0.2) is 73.5 Å². The van der Waals surface area contributed by atoms with Crippen molar-refractivity contribution in [2.75, 3.05) is 52.5 Å². The molecule has 1 unspecified atom stereocenters. The molecular weight excluding hydrogens is 252 g/mol. The lowest BCUT2D eigenvalue weighted by Gasteiger charge is -2.31. The van der Waals surface area contributed by atoms with Gasteiger partial charge < -0.3 is 14.7 Å². The van der Waals surface area contributed by atoms with E-state index >= 15 is 0 Å². The van der Waals surface area contributed by atoms with Gasteiger partial charge in [0.1, 0.15) is 0 Å². The first-order valence-corrected chi connectivity index (χ1v) is 8.34. The molecule has 0 amide bonds. The molecule has 0 aliphatic carbocycles. The Labute approximate surface area is 126 Å². The summed E-state index contributed by atoms with van der Waals surface area (Å²) in [6.07, 6.45) is 3.62. The van der Waals surface area contributed by atoms with Crippen LogP contribution in [0.2, 0.25) is 0 Å². The van der Waals surface area contributed by atoms with E-state index in [-0.39, 0.29) is 6.61 Å². The summed E-state index contributed by atoms with van der Waals surface area (Å²) in [5.74, 6) is 0. The van der Waals surface area contributed by atoms with E-state index in [4.69, 9.17) is 9.84 Å². The van der Waals surface area contributed by atoms with Crippen LogP contribution in [0.15, 0.2) is 0 Å². The first kappa shape index (κ1) is 19.8. The van der Waals surface area contributed by atoms with Crippen molar-refractivity contribution in [3.63, 3.8) is 0 Å². The van der Waals surface area contributed by atoms with Gasteiger partial charge in [-0.1, -0.05) is 20.8 Å². The third kappa shape index (κ3) is 9.70. The van der Waals surface area contributed by atoms with Crippen LogP contribution < -0.4 is 0 Å². The second kappa shape index (κ2) is 13.8. The molecule has 0 bridgehead atoms. The van der Waals surface area contributed by atoms with Crippen molar-refractivity contribution in [2.24, 2.45) is 0 Å². The molecule has 0 saturated carbocycles. The molecule has 0 saturated heterocycles. The zero-order chi connectivity index (χ0) is 15.2. The summed E-state index contributed by atoms with van der Waals surface area (Å²) in [7, 11) is 0. The van der Waals surface area contributed by atoms with Gasteiger partial charge in [0.15, 0.2) is 0 Å². The Morgan fingerprint density at radius 3 is 2.00 bits per heavy atom. The van der Waals surface area contributed by atoms with Gasteiger partial charge in [-0.2, -0.15) is 0 Å². The van der Waals surface area contributed by atoms with E-state index in [1.807, 2.05) is 0 Å². The van der Waals surface area contributed by atoms with Gasteiger partial charge in [0.2, 0.25) is 0 Å². The molecule has 122 valence electrons. The standard InChI is InChI=1S/C16H36N2O2/c1-5-8-17(9-6-2)11-12-18(10-7-3)16(4)15-20-14-13-19/h16,19H,5-15H2,1-4H3. The summed E-state index contributed by atoms with van der Waals surface area (Å²) in [6, 6.07) is 0.423. The smallest absolute Gasteiger partial charge is 0.0698 e. The number of hydrogen-bond donors (Lipinski definition) is 1. The van der Waals surface area contributed by atoms with E-state index < -0.39 is 0 Å². The first-order chi connectivity index (χ1) is 9.69. The highest BCUT2D eigenvalue weighted by atomic mass is 16.5. The van der Waals surface area contributed by atoms with Crippen molar-refractivity contribution >= 4 is 0 Å². The van der Waals surface area contributed by atoms with E-state index in [1.54, 1.807) is 0 Å². The van der Waals surface area contributed by atoms with Crippen LogP contribution in [0.5, 0.6) is 0 Å². The summed E-state index contributed by atoms with van der Waals surface area (Å²) >= 11 is 0.